The van der Waals surface area contributed by atoms with E-state index in [9.17, 15) is 15.4 Å². The van der Waals surface area contributed by atoms with Gasteiger partial charge in [0, 0.05) is 23.6 Å². The van der Waals surface area contributed by atoms with Crippen molar-refractivity contribution in [2.75, 3.05) is 5.32 Å². The van der Waals surface area contributed by atoms with Crippen molar-refractivity contribution in [1.82, 2.24) is 0 Å². The van der Waals surface area contributed by atoms with Crippen molar-refractivity contribution < 1.29 is 4.92 Å². The number of fused-ring (bicyclic) bond motifs is 1. The molecule has 1 aliphatic rings. The zero-order chi connectivity index (χ0) is 19.4. The van der Waals surface area contributed by atoms with Crippen LogP contribution in [0, 0.1) is 27.4 Å². The normalized spacial score (nSPS) is 14.1. The lowest BCUT2D eigenvalue weighted by Crippen LogP contribution is -2.07. The van der Waals surface area contributed by atoms with Gasteiger partial charge in [-0.3, -0.25) is 10.1 Å². The first kappa shape index (κ1) is 18.4. The van der Waals surface area contributed by atoms with Crippen molar-refractivity contribution in [3.8, 4) is 6.07 Å². The minimum atomic E-state index is -0.361. The monoisotopic (exact) mass is 359 g/mol. The summed E-state index contributed by atoms with van der Waals surface area (Å²) in [5.74, 6) is 0.397. The quantitative estimate of drug-likeness (QED) is 0.535. The summed E-state index contributed by atoms with van der Waals surface area (Å²) < 4.78 is 0. The number of nitrogens with zero attached hydrogens (tertiary/aromatic N) is 2. The fraction of sp³-hybridized carbons (Fsp3) is 0.227. The Hall–Kier alpha value is -3.39. The molecule has 0 heterocycles. The number of hydrogen-bond acceptors (Lipinski definition) is 4. The minimum absolute atomic E-state index is 0.0443. The molecule has 0 saturated heterocycles. The molecule has 1 aliphatic carbocycles. The first-order valence-electron chi connectivity index (χ1n) is 8.93. The van der Waals surface area contributed by atoms with Gasteiger partial charge in [-0.25, -0.2) is 0 Å². The molecule has 1 N–H and O–H groups in total. The standard InChI is InChI=1S/C22H21N3O2/c1-15(2)12-18-13-16(14-23)6-5-9-20(18)24-22-19-8-4-3-7-17(19)10-11-21(22)25(26)27/h3-8,10-11,13,15,24H,9,12H2,1-2H3. The molecular formula is C22H21N3O2. The molecule has 0 atom stereocenters. The molecule has 0 bridgehead atoms. The Balaban J connectivity index is 2.17. The molecule has 0 saturated carbocycles. The molecule has 0 aliphatic heterocycles. The summed E-state index contributed by atoms with van der Waals surface area (Å²) in [6.45, 7) is 4.23. The number of hydrogen-bond donors (Lipinski definition) is 1. The maximum absolute atomic E-state index is 11.6. The molecule has 0 fully saturated rings. The van der Waals surface area contributed by atoms with Crippen LogP contribution in [0.4, 0.5) is 11.4 Å². The molecule has 5 nitrogen and oxygen atoms in total. The Morgan fingerprint density at radius 2 is 2.04 bits per heavy atom. The van der Waals surface area contributed by atoms with Crippen LogP contribution in [-0.4, -0.2) is 4.92 Å². The fourth-order valence-corrected chi connectivity index (χ4v) is 3.28. The zero-order valence-corrected chi connectivity index (χ0v) is 15.4. The highest BCUT2D eigenvalue weighted by molar-refractivity contribution is 5.99. The van der Waals surface area contributed by atoms with Crippen molar-refractivity contribution in [2.45, 2.75) is 26.7 Å². The predicted molar refractivity (Wildman–Crippen MR) is 108 cm³/mol. The van der Waals surface area contributed by atoms with Crippen LogP contribution in [0.1, 0.15) is 26.7 Å². The molecule has 0 unspecified atom stereocenters. The number of rotatable bonds is 5. The highest BCUT2D eigenvalue weighted by atomic mass is 16.6. The highest BCUT2D eigenvalue weighted by Gasteiger charge is 2.19. The first-order chi connectivity index (χ1) is 13.0. The van der Waals surface area contributed by atoms with Gasteiger partial charge in [-0.2, -0.15) is 5.26 Å². The maximum Gasteiger partial charge on any atom is 0.293 e. The lowest BCUT2D eigenvalue weighted by molar-refractivity contribution is -0.383. The van der Waals surface area contributed by atoms with E-state index in [1.165, 1.54) is 6.07 Å². The average Bonchev–Trinajstić information content (AvgIpc) is 2.83. The molecule has 0 amide bonds. The molecule has 5 heteroatoms. The lowest BCUT2D eigenvalue weighted by atomic mass is 9.98. The molecular weight excluding hydrogens is 338 g/mol. The molecule has 0 aromatic heterocycles. The van der Waals surface area contributed by atoms with E-state index in [1.54, 1.807) is 12.1 Å². The predicted octanol–water partition coefficient (Wildman–Crippen LogP) is 5.87. The SMILES string of the molecule is CC(C)CC1=C(Nc2c([N+](=O)[O-])ccc3ccccc23)CC=CC(C#N)=C1. The summed E-state index contributed by atoms with van der Waals surface area (Å²) in [5.41, 5.74) is 3.03. The largest absolute Gasteiger partial charge is 0.352 e. The van der Waals surface area contributed by atoms with Gasteiger partial charge in [0.25, 0.3) is 5.69 Å². The van der Waals surface area contributed by atoms with Gasteiger partial charge in [0.1, 0.15) is 5.69 Å². The van der Waals surface area contributed by atoms with Gasteiger partial charge in [-0.05, 0) is 41.5 Å². The zero-order valence-electron chi connectivity index (χ0n) is 15.4. The van der Waals surface area contributed by atoms with E-state index in [0.29, 0.717) is 23.6 Å². The van der Waals surface area contributed by atoms with E-state index < -0.39 is 0 Å². The highest BCUT2D eigenvalue weighted by Crippen LogP contribution is 2.36. The number of nitrogens with one attached hydrogen (secondary N) is 1. The Kier molecular flexibility index (Phi) is 5.37. The van der Waals surface area contributed by atoms with Crippen molar-refractivity contribution in [2.24, 2.45) is 5.92 Å². The Labute approximate surface area is 158 Å². The summed E-state index contributed by atoms with van der Waals surface area (Å²) in [7, 11) is 0. The Morgan fingerprint density at radius 1 is 1.26 bits per heavy atom. The van der Waals surface area contributed by atoms with Crippen LogP contribution in [0.3, 0.4) is 0 Å². The smallest absolute Gasteiger partial charge is 0.293 e. The van der Waals surface area contributed by atoms with Gasteiger partial charge in [0.05, 0.1) is 16.6 Å². The van der Waals surface area contributed by atoms with Crippen LogP contribution in [-0.2, 0) is 0 Å². The Morgan fingerprint density at radius 3 is 2.74 bits per heavy atom. The molecule has 136 valence electrons. The van der Waals surface area contributed by atoms with Gasteiger partial charge >= 0.3 is 0 Å². The third-order valence-electron chi connectivity index (χ3n) is 4.47. The number of nitro groups is 1. The number of benzene rings is 2. The van der Waals surface area contributed by atoms with Crippen LogP contribution >= 0.6 is 0 Å². The van der Waals surface area contributed by atoms with E-state index in [0.717, 1.165) is 28.5 Å². The van der Waals surface area contributed by atoms with Gasteiger partial charge in [-0.15, -0.1) is 0 Å². The third kappa shape index (κ3) is 4.06. The van der Waals surface area contributed by atoms with Gasteiger partial charge in [-0.1, -0.05) is 44.2 Å². The molecule has 2 aromatic carbocycles. The number of anilines is 1. The van der Waals surface area contributed by atoms with Gasteiger partial charge in [0.15, 0.2) is 0 Å². The van der Waals surface area contributed by atoms with E-state index in [2.05, 4.69) is 25.2 Å². The molecule has 0 radical (unpaired) electrons. The van der Waals surface area contributed by atoms with Gasteiger partial charge < -0.3 is 5.32 Å². The second-order valence-electron chi connectivity index (χ2n) is 6.98. The van der Waals surface area contributed by atoms with Crippen LogP contribution in [0.2, 0.25) is 0 Å². The summed E-state index contributed by atoms with van der Waals surface area (Å²) in [4.78, 5) is 11.3. The van der Waals surface area contributed by atoms with Crippen LogP contribution in [0.5, 0.6) is 0 Å². The molecule has 2 aromatic rings. The van der Waals surface area contributed by atoms with E-state index >= 15 is 0 Å². The maximum atomic E-state index is 11.6. The first-order valence-corrected chi connectivity index (χ1v) is 8.93. The number of nitriles is 1. The topological polar surface area (TPSA) is 79.0 Å². The average molecular weight is 359 g/mol. The summed E-state index contributed by atoms with van der Waals surface area (Å²) >= 11 is 0. The van der Waals surface area contributed by atoms with Crippen molar-refractivity contribution in [1.29, 1.82) is 5.26 Å². The fourth-order valence-electron chi connectivity index (χ4n) is 3.28. The van der Waals surface area contributed by atoms with Crippen molar-refractivity contribution in [3.05, 3.63) is 81.6 Å². The molecule has 27 heavy (non-hydrogen) atoms. The van der Waals surface area contributed by atoms with E-state index in [1.807, 2.05) is 36.4 Å². The van der Waals surface area contributed by atoms with Crippen LogP contribution < -0.4 is 5.32 Å². The van der Waals surface area contributed by atoms with Crippen molar-refractivity contribution >= 4 is 22.1 Å². The van der Waals surface area contributed by atoms with Crippen LogP contribution in [0.15, 0.2) is 71.5 Å². The number of nitro benzene ring substituents is 1. The summed E-state index contributed by atoms with van der Waals surface area (Å²) in [6, 6.07) is 13.1. The minimum Gasteiger partial charge on any atom is -0.352 e. The lowest BCUT2D eigenvalue weighted by Gasteiger charge is -2.17. The van der Waals surface area contributed by atoms with E-state index in [-0.39, 0.29) is 10.6 Å². The van der Waals surface area contributed by atoms with Crippen LogP contribution in [0.25, 0.3) is 10.8 Å². The van der Waals surface area contributed by atoms with Crippen molar-refractivity contribution in [3.63, 3.8) is 0 Å². The summed E-state index contributed by atoms with van der Waals surface area (Å²) in [5, 5.41) is 26.0. The second kappa shape index (κ2) is 7.88. The summed E-state index contributed by atoms with van der Waals surface area (Å²) in [6.07, 6.45) is 6.97. The number of allylic oxidation sites excluding steroid dienone is 5. The van der Waals surface area contributed by atoms with Gasteiger partial charge in [0.2, 0.25) is 0 Å². The second-order valence-corrected chi connectivity index (χ2v) is 6.98. The molecule has 0 spiro atoms. The third-order valence-corrected chi connectivity index (χ3v) is 4.47. The van der Waals surface area contributed by atoms with E-state index in [4.69, 9.17) is 0 Å². The molecule has 3 rings (SSSR count). The Bertz CT molecular complexity index is 1020.